The van der Waals surface area contributed by atoms with Gasteiger partial charge < -0.3 is 25.2 Å². The second-order valence-electron chi connectivity index (χ2n) is 9.33. The molecule has 8 heteroatoms. The summed E-state index contributed by atoms with van der Waals surface area (Å²) in [5.41, 5.74) is 4.47. The van der Waals surface area contributed by atoms with Gasteiger partial charge in [-0.05, 0) is 53.9 Å². The molecule has 35 heavy (non-hydrogen) atoms. The summed E-state index contributed by atoms with van der Waals surface area (Å²) >= 11 is 0. The lowest BCUT2D eigenvalue weighted by Crippen LogP contribution is -2.53. The Bertz CT molecular complexity index is 1040. The van der Waals surface area contributed by atoms with E-state index in [-0.39, 0.29) is 31.4 Å². The smallest absolute Gasteiger partial charge is 0.407 e. The van der Waals surface area contributed by atoms with Crippen LogP contribution in [0.3, 0.4) is 0 Å². The number of carbonyl (C=O) groups excluding carboxylic acids is 2. The summed E-state index contributed by atoms with van der Waals surface area (Å²) in [5.74, 6) is -1.20. The molecule has 2 aromatic rings. The van der Waals surface area contributed by atoms with Crippen molar-refractivity contribution in [3.8, 4) is 11.1 Å². The van der Waals surface area contributed by atoms with E-state index in [1.54, 1.807) is 6.92 Å². The number of nitrogens with one attached hydrogen (secondary N) is 2. The Morgan fingerprint density at radius 1 is 1.03 bits per heavy atom. The fraction of sp³-hybridized carbons (Fsp3) is 0.444. The number of methoxy groups -OCH3 is 1. The maximum Gasteiger partial charge on any atom is 0.407 e. The Balaban J connectivity index is 1.37. The molecule has 0 bridgehead atoms. The van der Waals surface area contributed by atoms with Crippen LogP contribution in [0.2, 0.25) is 0 Å². The van der Waals surface area contributed by atoms with Crippen molar-refractivity contribution in [2.45, 2.75) is 44.2 Å². The number of fused-ring (bicyclic) bond motifs is 3. The van der Waals surface area contributed by atoms with Gasteiger partial charge in [-0.2, -0.15) is 0 Å². The Morgan fingerprint density at radius 3 is 2.17 bits per heavy atom. The Hall–Kier alpha value is -3.39. The van der Waals surface area contributed by atoms with Crippen molar-refractivity contribution in [3.05, 3.63) is 59.7 Å². The van der Waals surface area contributed by atoms with E-state index >= 15 is 0 Å². The van der Waals surface area contributed by atoms with Gasteiger partial charge in [0.25, 0.3) is 0 Å². The second-order valence-corrected chi connectivity index (χ2v) is 9.33. The van der Waals surface area contributed by atoms with Gasteiger partial charge in [0.05, 0.1) is 12.5 Å². The highest BCUT2D eigenvalue weighted by atomic mass is 16.5. The minimum atomic E-state index is -0.972. The predicted octanol–water partition coefficient (Wildman–Crippen LogP) is 3.55. The summed E-state index contributed by atoms with van der Waals surface area (Å²) < 4.78 is 10.9. The van der Waals surface area contributed by atoms with Gasteiger partial charge in [0.1, 0.15) is 12.6 Å². The summed E-state index contributed by atoms with van der Waals surface area (Å²) in [6.45, 7) is 2.07. The van der Waals surface area contributed by atoms with E-state index in [1.165, 1.54) is 7.11 Å². The van der Waals surface area contributed by atoms with Crippen LogP contribution in [-0.4, -0.2) is 55.5 Å². The third kappa shape index (κ3) is 5.82. The van der Waals surface area contributed by atoms with Gasteiger partial charge in [0, 0.05) is 19.6 Å². The molecule has 0 spiro atoms. The summed E-state index contributed by atoms with van der Waals surface area (Å²) in [6.07, 6.45) is 0.650. The molecular weight excluding hydrogens is 448 g/mol. The number of carboxylic acid groups (broad SMARTS) is 1. The molecule has 4 rings (SSSR count). The molecule has 186 valence electrons. The van der Waals surface area contributed by atoms with Crippen LogP contribution in [0.5, 0.6) is 0 Å². The number of aliphatic carboxylic acids is 1. The van der Waals surface area contributed by atoms with Crippen LogP contribution in [0.1, 0.15) is 43.2 Å². The van der Waals surface area contributed by atoms with Crippen LogP contribution in [-0.2, 0) is 19.1 Å². The highest BCUT2D eigenvalue weighted by molar-refractivity contribution is 5.86. The summed E-state index contributed by atoms with van der Waals surface area (Å²) in [4.78, 5) is 36.8. The van der Waals surface area contributed by atoms with Crippen LogP contribution in [0.25, 0.3) is 11.1 Å². The van der Waals surface area contributed by atoms with E-state index in [0.29, 0.717) is 5.92 Å². The molecule has 3 unspecified atom stereocenters. The number of carboxylic acids is 1. The summed E-state index contributed by atoms with van der Waals surface area (Å²) in [5, 5.41) is 14.6. The highest BCUT2D eigenvalue weighted by Crippen LogP contribution is 2.44. The van der Waals surface area contributed by atoms with Crippen LogP contribution < -0.4 is 10.6 Å². The van der Waals surface area contributed by atoms with Crippen molar-refractivity contribution >= 4 is 18.0 Å². The van der Waals surface area contributed by atoms with Crippen LogP contribution in [0.15, 0.2) is 48.5 Å². The van der Waals surface area contributed by atoms with Crippen molar-refractivity contribution in [2.75, 3.05) is 20.3 Å². The van der Waals surface area contributed by atoms with Crippen molar-refractivity contribution in [1.29, 1.82) is 0 Å². The van der Waals surface area contributed by atoms with E-state index < -0.39 is 30.1 Å². The van der Waals surface area contributed by atoms with E-state index in [2.05, 4.69) is 22.8 Å². The first-order valence-electron chi connectivity index (χ1n) is 12.0. The largest absolute Gasteiger partial charge is 0.481 e. The lowest BCUT2D eigenvalue weighted by molar-refractivity contribution is -0.138. The first kappa shape index (κ1) is 24.7. The van der Waals surface area contributed by atoms with E-state index in [0.717, 1.165) is 35.1 Å². The standard InChI is InChI=1S/C27H32N2O6/c1-16(34-2)25(26(32)28-14-18(13-24(30)31)17-11-12-17)29-27(33)35-15-23-21-9-5-3-7-19(21)20-8-4-6-10-22(20)23/h3-10,16-18,23,25H,11-15H2,1-2H3,(H,28,32)(H,29,33)(H,30,31). The summed E-state index contributed by atoms with van der Waals surface area (Å²) in [6, 6.07) is 15.2. The van der Waals surface area contributed by atoms with Gasteiger partial charge in [0.15, 0.2) is 0 Å². The molecule has 2 aliphatic rings. The first-order valence-corrected chi connectivity index (χ1v) is 12.0. The minimum Gasteiger partial charge on any atom is -0.481 e. The highest BCUT2D eigenvalue weighted by Gasteiger charge is 2.35. The number of amides is 2. The van der Waals surface area contributed by atoms with Gasteiger partial charge in [0.2, 0.25) is 5.91 Å². The van der Waals surface area contributed by atoms with Crippen molar-refractivity contribution in [2.24, 2.45) is 11.8 Å². The molecule has 3 N–H and O–H groups in total. The molecule has 0 radical (unpaired) electrons. The Labute approximate surface area is 205 Å². The first-order chi connectivity index (χ1) is 16.9. The Kier molecular flexibility index (Phi) is 7.70. The van der Waals surface area contributed by atoms with Gasteiger partial charge in [-0.15, -0.1) is 0 Å². The number of alkyl carbamates (subject to hydrolysis) is 1. The molecule has 0 saturated heterocycles. The molecule has 0 heterocycles. The van der Waals surface area contributed by atoms with Gasteiger partial charge in [-0.25, -0.2) is 4.79 Å². The lowest BCUT2D eigenvalue weighted by atomic mass is 9.98. The maximum atomic E-state index is 12.9. The van der Waals surface area contributed by atoms with Gasteiger partial charge in [-0.1, -0.05) is 48.5 Å². The monoisotopic (exact) mass is 480 g/mol. The van der Waals surface area contributed by atoms with Crippen LogP contribution in [0, 0.1) is 11.8 Å². The quantitative estimate of drug-likeness (QED) is 0.453. The fourth-order valence-electron chi connectivity index (χ4n) is 4.84. The van der Waals surface area contributed by atoms with E-state index in [1.807, 2.05) is 36.4 Å². The number of rotatable bonds is 11. The molecular formula is C27H32N2O6. The van der Waals surface area contributed by atoms with E-state index in [4.69, 9.17) is 14.6 Å². The molecule has 2 aromatic carbocycles. The van der Waals surface area contributed by atoms with Crippen LogP contribution in [0.4, 0.5) is 4.79 Å². The van der Waals surface area contributed by atoms with E-state index in [9.17, 15) is 14.4 Å². The molecule has 8 nitrogen and oxygen atoms in total. The Morgan fingerprint density at radius 2 is 1.63 bits per heavy atom. The molecule has 1 fully saturated rings. The maximum absolute atomic E-state index is 12.9. The number of carbonyl (C=O) groups is 3. The minimum absolute atomic E-state index is 0.00918. The van der Waals surface area contributed by atoms with Crippen molar-refractivity contribution in [3.63, 3.8) is 0 Å². The molecule has 1 saturated carbocycles. The zero-order valence-electron chi connectivity index (χ0n) is 20.0. The predicted molar refractivity (Wildman–Crippen MR) is 130 cm³/mol. The number of ether oxygens (including phenoxy) is 2. The average Bonchev–Trinajstić information content (AvgIpc) is 3.66. The third-order valence-electron chi connectivity index (χ3n) is 7.00. The molecule has 0 aliphatic heterocycles. The molecule has 3 atom stereocenters. The van der Waals surface area contributed by atoms with Crippen LogP contribution >= 0.6 is 0 Å². The van der Waals surface area contributed by atoms with Crippen molar-refractivity contribution in [1.82, 2.24) is 10.6 Å². The molecule has 0 aromatic heterocycles. The second kappa shape index (κ2) is 10.9. The topological polar surface area (TPSA) is 114 Å². The zero-order chi connectivity index (χ0) is 24.9. The van der Waals surface area contributed by atoms with Crippen molar-refractivity contribution < 1.29 is 29.0 Å². The van der Waals surface area contributed by atoms with Gasteiger partial charge in [-0.3, -0.25) is 9.59 Å². The zero-order valence-corrected chi connectivity index (χ0v) is 20.0. The number of hydrogen-bond donors (Lipinski definition) is 3. The number of benzene rings is 2. The fourth-order valence-corrected chi connectivity index (χ4v) is 4.84. The molecule has 2 amide bonds. The summed E-state index contributed by atoms with van der Waals surface area (Å²) in [7, 11) is 1.46. The number of hydrogen-bond acceptors (Lipinski definition) is 5. The third-order valence-corrected chi connectivity index (χ3v) is 7.00. The average molecular weight is 481 g/mol. The van der Waals surface area contributed by atoms with Gasteiger partial charge >= 0.3 is 12.1 Å². The lowest BCUT2D eigenvalue weighted by Gasteiger charge is -2.25. The normalized spacial score (nSPS) is 17.0. The SMILES string of the molecule is COC(C)C(NC(=O)OCC1c2ccccc2-c2ccccc21)C(=O)NCC(CC(=O)O)C1CC1. The molecule has 2 aliphatic carbocycles.